The maximum atomic E-state index is 13.7. The standard InChI is InChI=1S/C12H15FO2/c1-15-11-4-2-3-9(12(11)13)10(14)7-8-5-6-8/h2-4,8,10,14H,5-7H2,1H3. The van der Waals surface area contributed by atoms with Gasteiger partial charge in [-0.15, -0.1) is 0 Å². The van der Waals surface area contributed by atoms with Crippen LogP contribution >= 0.6 is 0 Å². The summed E-state index contributed by atoms with van der Waals surface area (Å²) in [5.41, 5.74) is 0.348. The molecule has 82 valence electrons. The zero-order chi connectivity index (χ0) is 10.8. The summed E-state index contributed by atoms with van der Waals surface area (Å²) in [5, 5.41) is 9.84. The second kappa shape index (κ2) is 4.19. The lowest BCUT2D eigenvalue weighted by molar-refractivity contribution is 0.155. The van der Waals surface area contributed by atoms with Gasteiger partial charge in [-0.25, -0.2) is 4.39 Å². The van der Waals surface area contributed by atoms with Crippen molar-refractivity contribution >= 4 is 0 Å². The monoisotopic (exact) mass is 210 g/mol. The van der Waals surface area contributed by atoms with Crippen molar-refractivity contribution in [2.24, 2.45) is 5.92 Å². The molecule has 1 N–H and O–H groups in total. The minimum absolute atomic E-state index is 0.197. The van der Waals surface area contributed by atoms with Gasteiger partial charge in [-0.2, -0.15) is 0 Å². The highest BCUT2D eigenvalue weighted by molar-refractivity contribution is 5.32. The van der Waals surface area contributed by atoms with E-state index >= 15 is 0 Å². The normalized spacial score (nSPS) is 17.5. The molecule has 1 aliphatic rings. The Bertz CT molecular complexity index is 347. The van der Waals surface area contributed by atoms with Gasteiger partial charge in [0.2, 0.25) is 0 Å². The molecule has 2 nitrogen and oxygen atoms in total. The Morgan fingerprint density at radius 3 is 2.87 bits per heavy atom. The number of benzene rings is 1. The van der Waals surface area contributed by atoms with Crippen molar-refractivity contribution in [3.63, 3.8) is 0 Å². The summed E-state index contributed by atoms with van der Waals surface area (Å²) >= 11 is 0. The molecule has 15 heavy (non-hydrogen) atoms. The highest BCUT2D eigenvalue weighted by atomic mass is 19.1. The number of aliphatic hydroxyl groups excluding tert-OH is 1. The molecule has 2 rings (SSSR count). The molecule has 1 aliphatic carbocycles. The van der Waals surface area contributed by atoms with Crippen molar-refractivity contribution in [3.05, 3.63) is 29.6 Å². The van der Waals surface area contributed by atoms with Crippen molar-refractivity contribution in [1.29, 1.82) is 0 Å². The van der Waals surface area contributed by atoms with Gasteiger partial charge in [-0.1, -0.05) is 25.0 Å². The molecule has 1 aromatic carbocycles. The molecule has 0 aromatic heterocycles. The van der Waals surface area contributed by atoms with E-state index in [1.165, 1.54) is 7.11 Å². The molecular weight excluding hydrogens is 195 g/mol. The minimum Gasteiger partial charge on any atom is -0.494 e. The average Bonchev–Trinajstić information content (AvgIpc) is 3.02. The molecule has 1 fully saturated rings. The zero-order valence-electron chi connectivity index (χ0n) is 8.74. The number of methoxy groups -OCH3 is 1. The van der Waals surface area contributed by atoms with E-state index in [1.54, 1.807) is 18.2 Å². The predicted octanol–water partition coefficient (Wildman–Crippen LogP) is 2.67. The molecule has 0 radical (unpaired) electrons. The summed E-state index contributed by atoms with van der Waals surface area (Å²) in [5.74, 6) is 0.334. The summed E-state index contributed by atoms with van der Waals surface area (Å²) in [4.78, 5) is 0. The number of aliphatic hydroxyl groups is 1. The lowest BCUT2D eigenvalue weighted by Gasteiger charge is -2.13. The van der Waals surface area contributed by atoms with Crippen molar-refractivity contribution in [2.75, 3.05) is 7.11 Å². The lowest BCUT2D eigenvalue weighted by atomic mass is 10.0. The molecular formula is C12H15FO2. The SMILES string of the molecule is COc1cccc(C(O)CC2CC2)c1F. The van der Waals surface area contributed by atoms with Crippen molar-refractivity contribution < 1.29 is 14.2 Å². The van der Waals surface area contributed by atoms with Gasteiger partial charge in [0.1, 0.15) is 0 Å². The molecule has 0 heterocycles. The quantitative estimate of drug-likeness (QED) is 0.827. The number of halogens is 1. The Morgan fingerprint density at radius 1 is 1.53 bits per heavy atom. The van der Waals surface area contributed by atoms with Gasteiger partial charge in [-0.3, -0.25) is 0 Å². The van der Waals surface area contributed by atoms with Gasteiger partial charge in [-0.05, 0) is 18.4 Å². The Morgan fingerprint density at radius 2 is 2.27 bits per heavy atom. The Balaban J connectivity index is 2.17. The van der Waals surface area contributed by atoms with Crippen LogP contribution in [-0.2, 0) is 0 Å². The third kappa shape index (κ3) is 2.29. The predicted molar refractivity (Wildman–Crippen MR) is 55.3 cm³/mol. The summed E-state index contributed by atoms with van der Waals surface area (Å²) < 4.78 is 18.6. The van der Waals surface area contributed by atoms with Crippen LogP contribution in [0.1, 0.15) is 30.9 Å². The third-order valence-corrected chi connectivity index (χ3v) is 2.83. The second-order valence-corrected chi connectivity index (χ2v) is 4.06. The topological polar surface area (TPSA) is 29.5 Å². The summed E-state index contributed by atoms with van der Waals surface area (Å²) in [6, 6.07) is 4.88. The number of hydrogen-bond donors (Lipinski definition) is 1. The van der Waals surface area contributed by atoms with Crippen molar-refractivity contribution in [3.8, 4) is 5.75 Å². The van der Waals surface area contributed by atoms with Crippen LogP contribution in [-0.4, -0.2) is 12.2 Å². The van der Waals surface area contributed by atoms with E-state index < -0.39 is 11.9 Å². The molecule has 0 spiro atoms. The van der Waals surface area contributed by atoms with Crippen LogP contribution in [0.3, 0.4) is 0 Å². The molecule has 0 amide bonds. The fourth-order valence-electron chi connectivity index (χ4n) is 1.74. The van der Waals surface area contributed by atoms with E-state index in [0.717, 1.165) is 12.8 Å². The van der Waals surface area contributed by atoms with Crippen LogP contribution < -0.4 is 4.74 Å². The van der Waals surface area contributed by atoms with Gasteiger partial charge in [0, 0.05) is 5.56 Å². The second-order valence-electron chi connectivity index (χ2n) is 4.06. The van der Waals surface area contributed by atoms with E-state index in [-0.39, 0.29) is 5.75 Å². The van der Waals surface area contributed by atoms with Gasteiger partial charge in [0.05, 0.1) is 13.2 Å². The fraction of sp³-hybridized carbons (Fsp3) is 0.500. The lowest BCUT2D eigenvalue weighted by Crippen LogP contribution is -2.03. The van der Waals surface area contributed by atoms with Gasteiger partial charge < -0.3 is 9.84 Å². The van der Waals surface area contributed by atoms with E-state index in [2.05, 4.69) is 0 Å². The van der Waals surface area contributed by atoms with Crippen molar-refractivity contribution in [2.45, 2.75) is 25.4 Å². The van der Waals surface area contributed by atoms with Gasteiger partial charge >= 0.3 is 0 Å². The zero-order valence-corrected chi connectivity index (χ0v) is 8.74. The average molecular weight is 210 g/mol. The van der Waals surface area contributed by atoms with Gasteiger partial charge in [0.25, 0.3) is 0 Å². The Labute approximate surface area is 88.7 Å². The van der Waals surface area contributed by atoms with E-state index in [0.29, 0.717) is 17.9 Å². The maximum Gasteiger partial charge on any atom is 0.170 e. The largest absolute Gasteiger partial charge is 0.494 e. The van der Waals surface area contributed by atoms with Crippen molar-refractivity contribution in [1.82, 2.24) is 0 Å². The van der Waals surface area contributed by atoms with Gasteiger partial charge in [0.15, 0.2) is 11.6 Å². The van der Waals surface area contributed by atoms with E-state index in [1.807, 2.05) is 0 Å². The van der Waals surface area contributed by atoms with Crippen LogP contribution in [0.5, 0.6) is 5.75 Å². The molecule has 1 atom stereocenters. The molecule has 3 heteroatoms. The molecule has 1 aromatic rings. The highest BCUT2D eigenvalue weighted by Crippen LogP contribution is 2.38. The smallest absolute Gasteiger partial charge is 0.170 e. The number of ether oxygens (including phenoxy) is 1. The van der Waals surface area contributed by atoms with Crippen LogP contribution in [0, 0.1) is 11.7 Å². The molecule has 0 aliphatic heterocycles. The first-order valence-corrected chi connectivity index (χ1v) is 5.23. The fourth-order valence-corrected chi connectivity index (χ4v) is 1.74. The van der Waals surface area contributed by atoms with E-state index in [9.17, 15) is 9.50 Å². The summed E-state index contributed by atoms with van der Waals surface area (Å²) in [6.45, 7) is 0. The summed E-state index contributed by atoms with van der Waals surface area (Å²) in [6.07, 6.45) is 2.27. The molecule has 1 unspecified atom stereocenters. The third-order valence-electron chi connectivity index (χ3n) is 2.83. The molecule has 0 saturated heterocycles. The first-order chi connectivity index (χ1) is 7.22. The van der Waals surface area contributed by atoms with Crippen LogP contribution in [0.4, 0.5) is 4.39 Å². The maximum absolute atomic E-state index is 13.7. The first-order valence-electron chi connectivity index (χ1n) is 5.23. The minimum atomic E-state index is -0.701. The Kier molecular flexibility index (Phi) is 2.91. The molecule has 1 saturated carbocycles. The van der Waals surface area contributed by atoms with Crippen LogP contribution in [0.25, 0.3) is 0 Å². The first kappa shape index (κ1) is 10.4. The van der Waals surface area contributed by atoms with E-state index in [4.69, 9.17) is 4.74 Å². The van der Waals surface area contributed by atoms with Crippen LogP contribution in [0.15, 0.2) is 18.2 Å². The number of rotatable bonds is 4. The molecule has 0 bridgehead atoms. The summed E-state index contributed by atoms with van der Waals surface area (Å²) in [7, 11) is 1.43. The Hall–Kier alpha value is -1.09. The number of hydrogen-bond acceptors (Lipinski definition) is 2. The highest BCUT2D eigenvalue weighted by Gasteiger charge is 2.27. The van der Waals surface area contributed by atoms with Crippen LogP contribution in [0.2, 0.25) is 0 Å².